The van der Waals surface area contributed by atoms with E-state index in [2.05, 4.69) is 29.6 Å². The number of hydrogen-bond donors (Lipinski definition) is 3. The van der Waals surface area contributed by atoms with E-state index in [4.69, 9.17) is 15.5 Å². The van der Waals surface area contributed by atoms with Gasteiger partial charge in [-0.2, -0.15) is 0 Å². The normalized spacial score (nSPS) is 21.7. The summed E-state index contributed by atoms with van der Waals surface area (Å²) in [4.78, 5) is 0. The predicted molar refractivity (Wildman–Crippen MR) is 94.5 cm³/mol. The SMILES string of the molecule is CC(O)CNCO.[Y].c1ccc2c(c1)CC[N-]C2C1CCCCC1. The van der Waals surface area contributed by atoms with E-state index < -0.39 is 0 Å². The van der Waals surface area contributed by atoms with E-state index in [9.17, 15) is 0 Å². The Labute approximate surface area is 171 Å². The molecule has 1 fully saturated rings. The molecule has 0 spiro atoms. The largest absolute Gasteiger partial charge is 0.655 e. The molecule has 3 rings (SSSR count). The number of benzene rings is 1. The van der Waals surface area contributed by atoms with Crippen LogP contribution in [0.1, 0.15) is 56.2 Å². The molecule has 2 aliphatic rings. The third-order valence-electron chi connectivity index (χ3n) is 4.73. The van der Waals surface area contributed by atoms with Crippen LogP contribution in [0.25, 0.3) is 5.32 Å². The Morgan fingerprint density at radius 3 is 2.54 bits per heavy atom. The van der Waals surface area contributed by atoms with Crippen molar-refractivity contribution in [1.82, 2.24) is 5.32 Å². The summed E-state index contributed by atoms with van der Waals surface area (Å²) in [6, 6.07) is 9.46. The van der Waals surface area contributed by atoms with Crippen LogP contribution in [0.15, 0.2) is 24.3 Å². The molecule has 1 aliphatic carbocycles. The van der Waals surface area contributed by atoms with E-state index in [0.29, 0.717) is 12.6 Å². The summed E-state index contributed by atoms with van der Waals surface area (Å²) in [5.41, 5.74) is 3.08. The first-order valence-corrected chi connectivity index (χ1v) is 8.96. The maximum atomic E-state index is 8.51. The van der Waals surface area contributed by atoms with Crippen molar-refractivity contribution in [3.05, 3.63) is 40.7 Å². The van der Waals surface area contributed by atoms with Crippen molar-refractivity contribution >= 4 is 0 Å². The molecule has 0 amide bonds. The van der Waals surface area contributed by atoms with Gasteiger partial charge in [-0.15, -0.1) is 12.6 Å². The van der Waals surface area contributed by atoms with Gasteiger partial charge in [-0.05, 0) is 18.9 Å². The van der Waals surface area contributed by atoms with Gasteiger partial charge in [0, 0.05) is 39.3 Å². The fraction of sp³-hybridized carbons (Fsp3) is 0.684. The Bertz CT molecular complexity index is 451. The Balaban J connectivity index is 0.000000312. The summed E-state index contributed by atoms with van der Waals surface area (Å²) in [6.45, 7) is 3.09. The van der Waals surface area contributed by atoms with Crippen molar-refractivity contribution in [1.29, 1.82) is 0 Å². The fourth-order valence-electron chi connectivity index (χ4n) is 3.60. The van der Waals surface area contributed by atoms with E-state index in [0.717, 1.165) is 18.9 Å². The first-order chi connectivity index (χ1) is 11.2. The second-order valence-electron chi connectivity index (χ2n) is 6.66. The van der Waals surface area contributed by atoms with E-state index in [1.54, 1.807) is 12.5 Å². The molecule has 24 heavy (non-hydrogen) atoms. The van der Waals surface area contributed by atoms with Crippen LogP contribution >= 0.6 is 0 Å². The summed E-state index contributed by atoms with van der Waals surface area (Å²) >= 11 is 0. The summed E-state index contributed by atoms with van der Waals surface area (Å²) in [7, 11) is 0. The van der Waals surface area contributed by atoms with Gasteiger partial charge in [-0.3, -0.25) is 5.32 Å². The minimum absolute atomic E-state index is 0. The quantitative estimate of drug-likeness (QED) is 0.671. The number of rotatable bonds is 4. The standard InChI is InChI=1S/C15H20N.C4H11NO2.Y/c1-2-7-13(8-3-1)15-14-9-5-4-6-12(14)10-11-16-15;1-4(7)2-5-3-6;/h4-6,9,13,15H,1-3,7-8,10-11H2;4-7H,2-3H2,1H3;/q-1;;. The summed E-state index contributed by atoms with van der Waals surface area (Å²) in [5, 5.41) is 24.1. The van der Waals surface area contributed by atoms with E-state index in [-0.39, 0.29) is 45.5 Å². The molecule has 133 valence electrons. The number of aliphatic hydroxyl groups is 2. The van der Waals surface area contributed by atoms with Crippen LogP contribution in [0.5, 0.6) is 0 Å². The summed E-state index contributed by atoms with van der Waals surface area (Å²) in [5.74, 6) is 0.829. The smallest absolute Gasteiger partial charge is 0.0932 e. The van der Waals surface area contributed by atoms with E-state index in [1.807, 2.05) is 0 Å². The summed E-state index contributed by atoms with van der Waals surface area (Å²) < 4.78 is 0. The minimum Gasteiger partial charge on any atom is -0.655 e. The zero-order valence-corrected chi connectivity index (χ0v) is 17.7. The van der Waals surface area contributed by atoms with Crippen LogP contribution in [-0.2, 0) is 39.1 Å². The number of fused-ring (bicyclic) bond motifs is 1. The molecule has 1 aromatic rings. The molecule has 0 bridgehead atoms. The van der Waals surface area contributed by atoms with Crippen LogP contribution in [0.3, 0.4) is 0 Å². The zero-order chi connectivity index (χ0) is 16.5. The molecule has 5 heteroatoms. The van der Waals surface area contributed by atoms with Gasteiger partial charge in [0.1, 0.15) is 0 Å². The molecule has 1 heterocycles. The Morgan fingerprint density at radius 1 is 1.21 bits per heavy atom. The van der Waals surface area contributed by atoms with E-state index >= 15 is 0 Å². The molecule has 1 saturated carbocycles. The second kappa shape index (κ2) is 12.5. The second-order valence-corrected chi connectivity index (χ2v) is 6.66. The molecule has 3 N–H and O–H groups in total. The third-order valence-corrected chi connectivity index (χ3v) is 4.73. The van der Waals surface area contributed by atoms with Crippen LogP contribution in [-0.4, -0.2) is 36.1 Å². The molecule has 2 unspecified atom stereocenters. The van der Waals surface area contributed by atoms with Gasteiger partial charge in [0.15, 0.2) is 0 Å². The molecule has 1 radical (unpaired) electrons. The average molecular weight is 408 g/mol. The average Bonchev–Trinajstić information content (AvgIpc) is 2.61. The topological polar surface area (TPSA) is 66.6 Å². The Hall–Kier alpha value is 0.164. The van der Waals surface area contributed by atoms with Crippen molar-refractivity contribution in [2.75, 3.05) is 19.8 Å². The maximum Gasteiger partial charge on any atom is 0.0932 e. The number of nitrogens with one attached hydrogen (secondary N) is 1. The third kappa shape index (κ3) is 7.19. The van der Waals surface area contributed by atoms with Gasteiger partial charge >= 0.3 is 0 Å². The molecule has 4 nitrogen and oxygen atoms in total. The number of nitrogens with zero attached hydrogens (tertiary/aromatic N) is 1. The van der Waals surface area contributed by atoms with Gasteiger partial charge in [0.25, 0.3) is 0 Å². The minimum atomic E-state index is -0.368. The van der Waals surface area contributed by atoms with Crippen LogP contribution in [0.4, 0.5) is 0 Å². The first-order valence-electron chi connectivity index (χ1n) is 8.96. The number of hydrogen-bond acceptors (Lipinski definition) is 3. The molecule has 1 aliphatic heterocycles. The predicted octanol–water partition coefficient (Wildman–Crippen LogP) is 3.14. The number of aliphatic hydroxyl groups excluding tert-OH is 2. The van der Waals surface area contributed by atoms with Crippen LogP contribution in [0, 0.1) is 5.92 Å². The molecule has 2 atom stereocenters. The Kier molecular flexibility index (Phi) is 11.6. The van der Waals surface area contributed by atoms with E-state index in [1.165, 1.54) is 37.7 Å². The van der Waals surface area contributed by atoms with Crippen molar-refractivity contribution in [3.8, 4) is 0 Å². The monoisotopic (exact) mass is 408 g/mol. The molecule has 0 saturated heterocycles. The first kappa shape index (κ1) is 22.2. The van der Waals surface area contributed by atoms with Crippen LogP contribution in [0.2, 0.25) is 0 Å². The van der Waals surface area contributed by atoms with Crippen LogP contribution < -0.4 is 5.32 Å². The van der Waals surface area contributed by atoms with Crippen molar-refractivity contribution in [2.24, 2.45) is 5.92 Å². The van der Waals surface area contributed by atoms with Crippen molar-refractivity contribution < 1.29 is 42.9 Å². The molecular formula is C19H31N2O2Y-. The van der Waals surface area contributed by atoms with Gasteiger partial charge < -0.3 is 15.5 Å². The zero-order valence-electron chi connectivity index (χ0n) is 14.8. The van der Waals surface area contributed by atoms with Crippen molar-refractivity contribution in [2.45, 2.75) is 57.6 Å². The molecular weight excluding hydrogens is 377 g/mol. The Morgan fingerprint density at radius 2 is 1.92 bits per heavy atom. The fourth-order valence-corrected chi connectivity index (χ4v) is 3.60. The maximum absolute atomic E-state index is 8.51. The van der Waals surface area contributed by atoms with Gasteiger partial charge in [0.2, 0.25) is 0 Å². The molecule has 1 aromatic carbocycles. The summed E-state index contributed by atoms with van der Waals surface area (Å²) in [6.07, 6.45) is 7.83. The van der Waals surface area contributed by atoms with Gasteiger partial charge in [-0.1, -0.05) is 67.9 Å². The van der Waals surface area contributed by atoms with Crippen molar-refractivity contribution in [3.63, 3.8) is 0 Å². The molecule has 0 aromatic heterocycles. The van der Waals surface area contributed by atoms with Gasteiger partial charge in [0.05, 0.1) is 12.8 Å². The van der Waals surface area contributed by atoms with Gasteiger partial charge in [-0.25, -0.2) is 0 Å².